The quantitative estimate of drug-likeness (QED) is 0.468. The fourth-order valence-electron chi connectivity index (χ4n) is 3.34. The number of aromatic nitrogens is 1. The summed E-state index contributed by atoms with van der Waals surface area (Å²) in [5.41, 5.74) is 1.45. The molecule has 0 spiro atoms. The highest BCUT2D eigenvalue weighted by molar-refractivity contribution is 6.12. The minimum absolute atomic E-state index is 0.0341. The summed E-state index contributed by atoms with van der Waals surface area (Å²) in [6.07, 6.45) is 2.01. The van der Waals surface area contributed by atoms with E-state index in [1.54, 1.807) is 62.4 Å². The minimum atomic E-state index is -0.524. The number of para-hydroxylation sites is 1. The molecule has 3 aromatic rings. The van der Waals surface area contributed by atoms with E-state index in [1.807, 2.05) is 19.1 Å². The summed E-state index contributed by atoms with van der Waals surface area (Å²) in [6, 6.07) is 17.5. The monoisotopic (exact) mass is 413 g/mol. The summed E-state index contributed by atoms with van der Waals surface area (Å²) in [5.74, 6) is -0.414. The summed E-state index contributed by atoms with van der Waals surface area (Å²) in [7, 11) is 0. The molecular formula is C25H23N3O3. The molecule has 6 nitrogen and oxygen atoms in total. The predicted molar refractivity (Wildman–Crippen MR) is 120 cm³/mol. The van der Waals surface area contributed by atoms with Gasteiger partial charge in [0.2, 0.25) is 5.88 Å². The van der Waals surface area contributed by atoms with Crippen LogP contribution < -0.4 is 5.56 Å². The Morgan fingerprint density at radius 2 is 1.84 bits per heavy atom. The van der Waals surface area contributed by atoms with Crippen LogP contribution in [0.2, 0.25) is 0 Å². The fourth-order valence-corrected chi connectivity index (χ4v) is 3.34. The molecule has 1 N–H and O–H groups in total. The second-order valence-electron chi connectivity index (χ2n) is 7.25. The van der Waals surface area contributed by atoms with Crippen LogP contribution in [0.4, 0.5) is 5.69 Å². The van der Waals surface area contributed by atoms with Crippen LogP contribution in [-0.4, -0.2) is 21.7 Å². The number of rotatable bonds is 6. The lowest BCUT2D eigenvalue weighted by Gasteiger charge is -2.18. The number of nitriles is 1. The molecule has 0 aliphatic rings. The molecule has 0 aliphatic heterocycles. The molecule has 0 saturated carbocycles. The molecule has 0 fully saturated rings. The van der Waals surface area contributed by atoms with E-state index < -0.39 is 5.56 Å². The number of carbonyl (C=O) groups is 1. The van der Waals surface area contributed by atoms with Gasteiger partial charge < -0.3 is 5.11 Å². The molecule has 156 valence electrons. The zero-order valence-electron chi connectivity index (χ0n) is 17.7. The van der Waals surface area contributed by atoms with Gasteiger partial charge in [0.1, 0.15) is 11.6 Å². The number of nitrogens with zero attached hydrogens (tertiary/aromatic N) is 3. The number of pyridine rings is 1. The number of benzene rings is 2. The maximum Gasteiger partial charge on any atom is 0.271 e. The first kappa shape index (κ1) is 21.7. The van der Waals surface area contributed by atoms with E-state index in [1.165, 1.54) is 10.8 Å². The van der Waals surface area contributed by atoms with Gasteiger partial charge in [-0.15, -0.1) is 0 Å². The summed E-state index contributed by atoms with van der Waals surface area (Å²) < 4.78 is 1.22. The van der Waals surface area contributed by atoms with Crippen molar-refractivity contribution in [3.05, 3.63) is 92.8 Å². The minimum Gasteiger partial charge on any atom is -0.494 e. The molecule has 0 bridgehead atoms. The smallest absolute Gasteiger partial charge is 0.271 e. The van der Waals surface area contributed by atoms with Gasteiger partial charge in [-0.05, 0) is 38.0 Å². The van der Waals surface area contributed by atoms with Crippen molar-refractivity contribution in [2.75, 3.05) is 0 Å². The largest absolute Gasteiger partial charge is 0.494 e. The third-order valence-corrected chi connectivity index (χ3v) is 5.34. The lowest BCUT2D eigenvalue weighted by Crippen LogP contribution is -2.27. The molecule has 3 rings (SSSR count). The Bertz CT molecular complexity index is 1250. The summed E-state index contributed by atoms with van der Waals surface area (Å²) >= 11 is 0. The molecule has 0 saturated heterocycles. The first-order chi connectivity index (χ1) is 14.9. The van der Waals surface area contributed by atoms with Gasteiger partial charge in [0.05, 0.1) is 11.3 Å². The van der Waals surface area contributed by atoms with Gasteiger partial charge in [0.15, 0.2) is 5.78 Å². The van der Waals surface area contributed by atoms with Crippen molar-refractivity contribution in [1.82, 2.24) is 4.57 Å². The molecule has 1 aromatic heterocycles. The number of hydrogen-bond acceptors (Lipinski definition) is 5. The van der Waals surface area contributed by atoms with Gasteiger partial charge in [-0.2, -0.15) is 5.26 Å². The van der Waals surface area contributed by atoms with Crippen LogP contribution in [0.5, 0.6) is 5.88 Å². The van der Waals surface area contributed by atoms with Crippen LogP contribution in [0, 0.1) is 18.3 Å². The molecule has 31 heavy (non-hydrogen) atoms. The van der Waals surface area contributed by atoms with Crippen LogP contribution in [0.1, 0.15) is 58.9 Å². The number of hydrogen-bond donors (Lipinski definition) is 1. The maximum absolute atomic E-state index is 12.9. The van der Waals surface area contributed by atoms with E-state index in [0.29, 0.717) is 28.8 Å². The van der Waals surface area contributed by atoms with Crippen molar-refractivity contribution in [2.24, 2.45) is 4.99 Å². The van der Waals surface area contributed by atoms with Crippen LogP contribution in [0.3, 0.4) is 0 Å². The van der Waals surface area contributed by atoms with Crippen molar-refractivity contribution < 1.29 is 9.90 Å². The first-order valence-corrected chi connectivity index (χ1v) is 10.0. The second kappa shape index (κ2) is 9.23. The zero-order valence-corrected chi connectivity index (χ0v) is 17.7. The molecule has 0 aliphatic carbocycles. The first-order valence-electron chi connectivity index (χ1n) is 10.0. The molecule has 0 amide bonds. The highest BCUT2D eigenvalue weighted by atomic mass is 16.3. The molecular weight excluding hydrogens is 390 g/mol. The normalized spacial score (nSPS) is 11.9. The fraction of sp³-hybridized carbons (Fsp3) is 0.200. The molecule has 1 heterocycles. The number of aromatic hydroxyl groups is 1. The van der Waals surface area contributed by atoms with E-state index in [4.69, 9.17) is 0 Å². The van der Waals surface area contributed by atoms with Crippen LogP contribution in [0.15, 0.2) is 64.4 Å². The van der Waals surface area contributed by atoms with Gasteiger partial charge in [-0.1, -0.05) is 49.4 Å². The maximum atomic E-state index is 12.9. The zero-order chi connectivity index (χ0) is 22.5. The number of aliphatic imine (C=N–C) groups is 1. The highest BCUT2D eigenvalue weighted by Crippen LogP contribution is 2.26. The molecule has 2 aromatic carbocycles. The lowest BCUT2D eigenvalue weighted by molar-refractivity contribution is 0.103. The molecule has 1 unspecified atom stereocenters. The average molecular weight is 413 g/mol. The van der Waals surface area contributed by atoms with Gasteiger partial charge >= 0.3 is 0 Å². The van der Waals surface area contributed by atoms with E-state index in [0.717, 1.165) is 0 Å². The summed E-state index contributed by atoms with van der Waals surface area (Å²) in [6.45, 7) is 5.29. The highest BCUT2D eigenvalue weighted by Gasteiger charge is 2.21. The van der Waals surface area contributed by atoms with E-state index >= 15 is 0 Å². The predicted octanol–water partition coefficient (Wildman–Crippen LogP) is 4.69. The molecule has 1 atom stereocenters. The van der Waals surface area contributed by atoms with E-state index in [9.17, 15) is 20.0 Å². The molecule has 6 heteroatoms. The van der Waals surface area contributed by atoms with Crippen molar-refractivity contribution in [1.29, 1.82) is 5.26 Å². The number of carbonyl (C=O) groups excluding carboxylic acids is 1. The van der Waals surface area contributed by atoms with E-state index in [-0.39, 0.29) is 28.8 Å². The average Bonchev–Trinajstić information content (AvgIpc) is 2.79. The molecule has 0 radical (unpaired) electrons. The Morgan fingerprint density at radius 3 is 2.48 bits per heavy atom. The van der Waals surface area contributed by atoms with Gasteiger partial charge in [0, 0.05) is 23.4 Å². The third kappa shape index (κ3) is 4.17. The van der Waals surface area contributed by atoms with Crippen molar-refractivity contribution in [3.63, 3.8) is 0 Å². The van der Waals surface area contributed by atoms with E-state index in [2.05, 4.69) is 4.99 Å². The third-order valence-electron chi connectivity index (χ3n) is 5.34. The van der Waals surface area contributed by atoms with Crippen LogP contribution in [-0.2, 0) is 0 Å². The van der Waals surface area contributed by atoms with Crippen LogP contribution in [0.25, 0.3) is 0 Å². The Balaban J connectivity index is 2.13. The Hall–Kier alpha value is -3.98. The van der Waals surface area contributed by atoms with Crippen molar-refractivity contribution in [2.45, 2.75) is 33.2 Å². The Morgan fingerprint density at radius 1 is 1.19 bits per heavy atom. The van der Waals surface area contributed by atoms with Crippen molar-refractivity contribution in [3.8, 4) is 11.9 Å². The lowest BCUT2D eigenvalue weighted by atomic mass is 10.0. The second-order valence-corrected chi connectivity index (χ2v) is 7.25. The summed E-state index contributed by atoms with van der Waals surface area (Å²) in [4.78, 5) is 30.0. The standard InChI is InChI=1S/C25H23N3O3/c1-4-16(2)28-24(30)20(14-26)17(3)21(25(28)31)15-27-22-13-9-8-12-19(22)23(29)18-10-6-5-7-11-18/h5-13,15-16,31H,4H2,1-3H3. The van der Waals surface area contributed by atoms with Gasteiger partial charge in [-0.3, -0.25) is 19.1 Å². The van der Waals surface area contributed by atoms with Gasteiger partial charge in [-0.25, -0.2) is 0 Å². The Kier molecular flexibility index (Phi) is 6.46. The van der Waals surface area contributed by atoms with Gasteiger partial charge in [0.25, 0.3) is 5.56 Å². The number of ketones is 1. The van der Waals surface area contributed by atoms with Crippen molar-refractivity contribution >= 4 is 17.7 Å². The van der Waals surface area contributed by atoms with Crippen LogP contribution >= 0.6 is 0 Å². The topological polar surface area (TPSA) is 95.4 Å². The Labute approximate surface area is 180 Å². The summed E-state index contributed by atoms with van der Waals surface area (Å²) in [5, 5.41) is 20.3. The SMILES string of the molecule is CCC(C)n1c(O)c(C=Nc2ccccc2C(=O)c2ccccc2)c(C)c(C#N)c1=O.